The third kappa shape index (κ3) is 1.66. The summed E-state index contributed by atoms with van der Waals surface area (Å²) in [6.45, 7) is 6.95. The van der Waals surface area contributed by atoms with Crippen molar-refractivity contribution in [2.75, 3.05) is 31.1 Å². The summed E-state index contributed by atoms with van der Waals surface area (Å²) < 4.78 is 1.23. The smallest absolute Gasteiger partial charge is 0.0511 e. The highest BCUT2D eigenvalue weighted by atomic mass is 79.9. The average Bonchev–Trinajstić information content (AvgIpc) is 2.62. The van der Waals surface area contributed by atoms with Gasteiger partial charge in [-0.25, -0.2) is 0 Å². The molecule has 0 aliphatic carbocycles. The average molecular weight is 281 g/mol. The molecule has 0 bridgehead atoms. The van der Waals surface area contributed by atoms with E-state index in [2.05, 4.69) is 51.3 Å². The summed E-state index contributed by atoms with van der Waals surface area (Å²) in [4.78, 5) is 2.52. The Morgan fingerprint density at radius 3 is 2.75 bits per heavy atom. The van der Waals surface area contributed by atoms with Crippen LogP contribution in [0.2, 0.25) is 0 Å². The first-order valence-corrected chi connectivity index (χ1v) is 6.70. The first kappa shape index (κ1) is 10.6. The molecule has 1 N–H and O–H groups in total. The molecule has 3 heteroatoms. The zero-order valence-corrected chi connectivity index (χ0v) is 11.2. The number of rotatable bonds is 1. The van der Waals surface area contributed by atoms with E-state index in [0.29, 0.717) is 5.41 Å². The minimum Gasteiger partial charge on any atom is -0.370 e. The molecule has 0 radical (unpaired) electrons. The summed E-state index contributed by atoms with van der Waals surface area (Å²) >= 11 is 3.68. The van der Waals surface area contributed by atoms with Crippen LogP contribution in [0.3, 0.4) is 0 Å². The maximum Gasteiger partial charge on any atom is 0.0511 e. The van der Waals surface area contributed by atoms with Gasteiger partial charge in [-0.3, -0.25) is 0 Å². The van der Waals surface area contributed by atoms with Crippen molar-refractivity contribution in [3.8, 4) is 0 Å². The number of anilines is 1. The molecule has 3 rings (SSSR count). The van der Waals surface area contributed by atoms with Crippen molar-refractivity contribution >= 4 is 21.6 Å². The van der Waals surface area contributed by atoms with Gasteiger partial charge in [0.05, 0.1) is 5.69 Å². The van der Waals surface area contributed by atoms with Crippen molar-refractivity contribution in [1.29, 1.82) is 0 Å². The number of nitrogens with zero attached hydrogens (tertiary/aromatic N) is 1. The standard InChI is InChI=1S/C13H17BrN2/c1-10-2-3-12(11(14)6-10)16-5-4-13(9-16)7-15-8-13/h2-3,6,15H,4-5,7-9H2,1H3. The first-order chi connectivity index (χ1) is 7.69. The Morgan fingerprint density at radius 1 is 1.38 bits per heavy atom. The zero-order chi connectivity index (χ0) is 11.2. The van der Waals surface area contributed by atoms with Crippen molar-refractivity contribution < 1.29 is 0 Å². The van der Waals surface area contributed by atoms with Gasteiger partial charge in [0.2, 0.25) is 0 Å². The molecule has 0 amide bonds. The third-order valence-electron chi connectivity index (χ3n) is 3.88. The highest BCUT2D eigenvalue weighted by molar-refractivity contribution is 9.10. The van der Waals surface area contributed by atoms with Gasteiger partial charge in [-0.2, -0.15) is 0 Å². The van der Waals surface area contributed by atoms with Gasteiger partial charge in [0.25, 0.3) is 0 Å². The lowest BCUT2D eigenvalue weighted by molar-refractivity contribution is 0.200. The van der Waals surface area contributed by atoms with Gasteiger partial charge >= 0.3 is 0 Å². The van der Waals surface area contributed by atoms with Crippen LogP contribution in [0.1, 0.15) is 12.0 Å². The number of nitrogens with one attached hydrogen (secondary N) is 1. The summed E-state index contributed by atoms with van der Waals surface area (Å²) in [6.07, 6.45) is 1.33. The zero-order valence-electron chi connectivity index (χ0n) is 9.59. The highest BCUT2D eigenvalue weighted by Crippen LogP contribution is 2.38. The minimum absolute atomic E-state index is 0.574. The topological polar surface area (TPSA) is 15.3 Å². The summed E-state index contributed by atoms with van der Waals surface area (Å²) in [5.74, 6) is 0. The van der Waals surface area contributed by atoms with E-state index in [0.717, 1.165) is 0 Å². The van der Waals surface area contributed by atoms with Crippen LogP contribution in [0.15, 0.2) is 22.7 Å². The van der Waals surface area contributed by atoms with Gasteiger partial charge in [0.1, 0.15) is 0 Å². The van der Waals surface area contributed by atoms with Crippen LogP contribution in [0.25, 0.3) is 0 Å². The normalized spacial score (nSPS) is 22.5. The largest absolute Gasteiger partial charge is 0.370 e. The van der Waals surface area contributed by atoms with E-state index in [1.54, 1.807) is 0 Å². The first-order valence-electron chi connectivity index (χ1n) is 5.90. The molecule has 2 nitrogen and oxygen atoms in total. The predicted molar refractivity (Wildman–Crippen MR) is 71.0 cm³/mol. The quantitative estimate of drug-likeness (QED) is 0.851. The molecule has 2 aliphatic heterocycles. The molecule has 1 aromatic rings. The molecule has 2 saturated heterocycles. The van der Waals surface area contributed by atoms with Gasteiger partial charge in [-0.05, 0) is 47.0 Å². The molecule has 2 fully saturated rings. The van der Waals surface area contributed by atoms with Crippen LogP contribution in [-0.2, 0) is 0 Å². The van der Waals surface area contributed by atoms with Crippen LogP contribution in [0, 0.1) is 12.3 Å². The summed E-state index contributed by atoms with van der Waals surface area (Å²) in [6, 6.07) is 6.65. The van der Waals surface area contributed by atoms with Crippen LogP contribution in [-0.4, -0.2) is 26.2 Å². The number of halogens is 1. The van der Waals surface area contributed by atoms with Crippen LogP contribution in [0.4, 0.5) is 5.69 Å². The molecule has 2 heterocycles. The van der Waals surface area contributed by atoms with Gasteiger partial charge < -0.3 is 10.2 Å². The van der Waals surface area contributed by atoms with Crippen molar-refractivity contribution in [1.82, 2.24) is 5.32 Å². The van der Waals surface area contributed by atoms with E-state index in [-0.39, 0.29) is 0 Å². The Balaban J connectivity index is 1.83. The fourth-order valence-electron chi connectivity index (χ4n) is 2.78. The van der Waals surface area contributed by atoms with Gasteiger partial charge in [0, 0.05) is 36.1 Å². The van der Waals surface area contributed by atoms with E-state index < -0.39 is 0 Å². The molecule has 0 saturated carbocycles. The summed E-state index contributed by atoms with van der Waals surface area (Å²) in [5, 5.41) is 3.40. The van der Waals surface area contributed by atoms with E-state index in [4.69, 9.17) is 0 Å². The SMILES string of the molecule is Cc1ccc(N2CCC3(CNC3)C2)c(Br)c1. The van der Waals surface area contributed by atoms with Crippen LogP contribution >= 0.6 is 15.9 Å². The molecule has 16 heavy (non-hydrogen) atoms. The van der Waals surface area contributed by atoms with Crippen molar-refractivity contribution in [2.24, 2.45) is 5.41 Å². The lowest BCUT2D eigenvalue weighted by atomic mass is 9.81. The molecule has 86 valence electrons. The Kier molecular flexibility index (Phi) is 2.48. The van der Waals surface area contributed by atoms with Gasteiger partial charge in [-0.15, -0.1) is 0 Å². The maximum absolute atomic E-state index is 3.68. The molecule has 0 atom stereocenters. The van der Waals surface area contributed by atoms with Crippen LogP contribution in [0.5, 0.6) is 0 Å². The molecule has 1 spiro atoms. The number of hydrogen-bond acceptors (Lipinski definition) is 2. The number of hydrogen-bond donors (Lipinski definition) is 1. The number of benzene rings is 1. The Hall–Kier alpha value is -0.540. The lowest BCUT2D eigenvalue weighted by Gasteiger charge is -2.39. The van der Waals surface area contributed by atoms with Crippen molar-refractivity contribution in [3.63, 3.8) is 0 Å². The third-order valence-corrected chi connectivity index (χ3v) is 4.52. The van der Waals surface area contributed by atoms with E-state index in [1.165, 1.54) is 48.3 Å². The molecular weight excluding hydrogens is 264 g/mol. The second-order valence-electron chi connectivity index (χ2n) is 5.23. The molecule has 2 aliphatic rings. The minimum atomic E-state index is 0.574. The highest BCUT2D eigenvalue weighted by Gasteiger charge is 2.43. The second-order valence-corrected chi connectivity index (χ2v) is 6.08. The monoisotopic (exact) mass is 280 g/mol. The fourth-order valence-corrected chi connectivity index (χ4v) is 3.52. The molecule has 1 aromatic carbocycles. The maximum atomic E-state index is 3.68. The van der Waals surface area contributed by atoms with Crippen molar-refractivity contribution in [3.05, 3.63) is 28.2 Å². The van der Waals surface area contributed by atoms with E-state index >= 15 is 0 Å². The summed E-state index contributed by atoms with van der Waals surface area (Å²) in [5.41, 5.74) is 3.24. The van der Waals surface area contributed by atoms with E-state index in [9.17, 15) is 0 Å². The van der Waals surface area contributed by atoms with Gasteiger partial charge in [0.15, 0.2) is 0 Å². The second kappa shape index (κ2) is 3.74. The Morgan fingerprint density at radius 2 is 2.19 bits per heavy atom. The molecule has 0 unspecified atom stereocenters. The predicted octanol–water partition coefficient (Wildman–Crippen LogP) is 2.56. The van der Waals surface area contributed by atoms with Crippen molar-refractivity contribution in [2.45, 2.75) is 13.3 Å². The molecule has 0 aromatic heterocycles. The Bertz CT molecular complexity index is 412. The lowest BCUT2D eigenvalue weighted by Crippen LogP contribution is -2.54. The molecular formula is C13H17BrN2. The number of aryl methyl sites for hydroxylation is 1. The Labute approximate surface area is 105 Å². The van der Waals surface area contributed by atoms with Crippen LogP contribution < -0.4 is 10.2 Å². The van der Waals surface area contributed by atoms with Gasteiger partial charge in [-0.1, -0.05) is 6.07 Å². The summed E-state index contributed by atoms with van der Waals surface area (Å²) in [7, 11) is 0. The fraction of sp³-hybridized carbons (Fsp3) is 0.538. The van der Waals surface area contributed by atoms with E-state index in [1.807, 2.05) is 0 Å².